The maximum absolute atomic E-state index is 12.2. The Morgan fingerprint density at radius 2 is 1.95 bits per heavy atom. The number of carboxylic acid groups (broad SMARTS) is 1. The third kappa shape index (κ3) is 3.48. The molecule has 0 aliphatic heterocycles. The van der Waals surface area contributed by atoms with Gasteiger partial charge in [-0.15, -0.1) is 0 Å². The van der Waals surface area contributed by atoms with Crippen LogP contribution in [0.15, 0.2) is 47.4 Å². The Morgan fingerprint density at radius 1 is 1.24 bits per heavy atom. The zero-order chi connectivity index (χ0) is 15.5. The lowest BCUT2D eigenvalue weighted by molar-refractivity contribution is 0.0690. The van der Waals surface area contributed by atoms with Gasteiger partial charge in [-0.25, -0.2) is 18.2 Å². The highest BCUT2D eigenvalue weighted by atomic mass is 32.2. The second-order valence-corrected chi connectivity index (χ2v) is 5.68. The summed E-state index contributed by atoms with van der Waals surface area (Å²) in [5, 5.41) is 8.84. The molecule has 0 unspecified atom stereocenters. The van der Waals surface area contributed by atoms with E-state index < -0.39 is 16.0 Å². The fraction of sp³-hybridized carbons (Fsp3) is 0.0769. The molecule has 2 N–H and O–H groups in total. The van der Waals surface area contributed by atoms with Crippen molar-refractivity contribution in [3.8, 4) is 5.75 Å². The molecular formula is C13H12N2O5S. The molecule has 0 spiro atoms. The van der Waals surface area contributed by atoms with E-state index in [0.717, 1.165) is 0 Å². The molecule has 110 valence electrons. The van der Waals surface area contributed by atoms with Crippen molar-refractivity contribution in [2.45, 2.75) is 4.90 Å². The Bertz CT molecular complexity index is 774. The van der Waals surface area contributed by atoms with Gasteiger partial charge in [0, 0.05) is 6.07 Å². The maximum Gasteiger partial charge on any atom is 0.354 e. The number of hydrogen-bond donors (Lipinski definition) is 2. The van der Waals surface area contributed by atoms with Crippen molar-refractivity contribution in [1.82, 2.24) is 4.98 Å². The molecule has 1 aromatic heterocycles. The fourth-order valence-electron chi connectivity index (χ4n) is 1.58. The molecule has 1 heterocycles. The molecule has 0 aliphatic rings. The topological polar surface area (TPSA) is 106 Å². The smallest absolute Gasteiger partial charge is 0.354 e. The summed E-state index contributed by atoms with van der Waals surface area (Å²) in [6.45, 7) is 0. The van der Waals surface area contributed by atoms with E-state index in [2.05, 4.69) is 9.71 Å². The van der Waals surface area contributed by atoms with Gasteiger partial charge in [0.25, 0.3) is 10.0 Å². The summed E-state index contributed by atoms with van der Waals surface area (Å²) in [5.74, 6) is -0.916. The van der Waals surface area contributed by atoms with Crippen LogP contribution >= 0.6 is 0 Å². The average Bonchev–Trinajstić information content (AvgIpc) is 2.47. The van der Waals surface area contributed by atoms with Crippen LogP contribution in [0.4, 0.5) is 5.82 Å². The van der Waals surface area contributed by atoms with E-state index in [1.165, 1.54) is 43.5 Å². The molecular weight excluding hydrogens is 296 g/mol. The van der Waals surface area contributed by atoms with E-state index in [1.807, 2.05) is 0 Å². The standard InChI is InChI=1S/C13H12N2O5S/c1-20-9-4-2-5-10(8-9)21(18,19)15-12-7-3-6-11(14-12)13(16)17/h2-8H,1H3,(H,14,15)(H,16,17). The van der Waals surface area contributed by atoms with Crippen molar-refractivity contribution in [1.29, 1.82) is 0 Å². The first-order valence-electron chi connectivity index (χ1n) is 5.79. The van der Waals surface area contributed by atoms with Gasteiger partial charge >= 0.3 is 5.97 Å². The molecule has 21 heavy (non-hydrogen) atoms. The molecule has 1 aromatic carbocycles. The minimum Gasteiger partial charge on any atom is -0.497 e. The molecule has 0 bridgehead atoms. The van der Waals surface area contributed by atoms with Crippen LogP contribution in [0.2, 0.25) is 0 Å². The predicted molar refractivity (Wildman–Crippen MR) is 75.0 cm³/mol. The molecule has 0 amide bonds. The number of benzene rings is 1. The Hall–Kier alpha value is -2.61. The van der Waals surface area contributed by atoms with Crippen LogP contribution in [0.1, 0.15) is 10.5 Å². The van der Waals surface area contributed by atoms with Gasteiger partial charge < -0.3 is 9.84 Å². The number of nitrogens with zero attached hydrogens (tertiary/aromatic N) is 1. The highest BCUT2D eigenvalue weighted by Crippen LogP contribution is 2.19. The van der Waals surface area contributed by atoms with Crippen LogP contribution in [-0.2, 0) is 10.0 Å². The number of rotatable bonds is 5. The monoisotopic (exact) mass is 308 g/mol. The lowest BCUT2D eigenvalue weighted by Crippen LogP contribution is -2.15. The number of sulfonamides is 1. The first-order chi connectivity index (χ1) is 9.92. The summed E-state index contributed by atoms with van der Waals surface area (Å²) in [5.41, 5.74) is -0.249. The minimum absolute atomic E-state index is 0.00984. The first kappa shape index (κ1) is 14.8. The van der Waals surface area contributed by atoms with Crippen molar-refractivity contribution in [3.63, 3.8) is 0 Å². The highest BCUT2D eigenvalue weighted by molar-refractivity contribution is 7.92. The van der Waals surface area contributed by atoms with Crippen molar-refractivity contribution in [2.75, 3.05) is 11.8 Å². The summed E-state index contributed by atoms with van der Waals surface area (Å²) in [6.07, 6.45) is 0. The number of nitrogens with one attached hydrogen (secondary N) is 1. The summed E-state index contributed by atoms with van der Waals surface area (Å²) < 4.78 is 31.6. The Morgan fingerprint density at radius 3 is 2.62 bits per heavy atom. The van der Waals surface area contributed by atoms with E-state index in [4.69, 9.17) is 9.84 Å². The van der Waals surface area contributed by atoms with E-state index in [-0.39, 0.29) is 16.4 Å². The third-order valence-corrected chi connectivity index (χ3v) is 3.91. The Labute approximate surface area is 121 Å². The highest BCUT2D eigenvalue weighted by Gasteiger charge is 2.16. The van der Waals surface area contributed by atoms with Crippen molar-refractivity contribution in [2.24, 2.45) is 0 Å². The van der Waals surface area contributed by atoms with Gasteiger partial charge in [-0.1, -0.05) is 12.1 Å². The van der Waals surface area contributed by atoms with E-state index in [9.17, 15) is 13.2 Å². The first-order valence-corrected chi connectivity index (χ1v) is 7.28. The van der Waals surface area contributed by atoms with Crippen LogP contribution in [0, 0.1) is 0 Å². The molecule has 0 saturated heterocycles. The molecule has 2 aromatic rings. The number of carboxylic acids is 1. The molecule has 0 aliphatic carbocycles. The van der Waals surface area contributed by atoms with Crippen LogP contribution in [0.3, 0.4) is 0 Å². The quantitative estimate of drug-likeness (QED) is 0.869. The lowest BCUT2D eigenvalue weighted by Gasteiger charge is -2.08. The Balaban J connectivity index is 2.32. The zero-order valence-corrected chi connectivity index (χ0v) is 11.8. The Kier molecular flexibility index (Phi) is 4.08. The normalized spacial score (nSPS) is 10.9. The van der Waals surface area contributed by atoms with Crippen LogP contribution in [-0.4, -0.2) is 31.6 Å². The summed E-state index contributed by atoms with van der Waals surface area (Å²) in [4.78, 5) is 14.5. The third-order valence-electron chi connectivity index (χ3n) is 2.56. The molecule has 0 saturated carbocycles. The van der Waals surface area contributed by atoms with Crippen molar-refractivity contribution >= 4 is 21.8 Å². The zero-order valence-electron chi connectivity index (χ0n) is 11.0. The SMILES string of the molecule is COc1cccc(S(=O)(=O)Nc2cccc(C(=O)O)n2)c1. The van der Waals surface area contributed by atoms with Crippen molar-refractivity contribution < 1.29 is 23.1 Å². The maximum atomic E-state index is 12.2. The average molecular weight is 308 g/mol. The fourth-order valence-corrected chi connectivity index (χ4v) is 2.61. The lowest BCUT2D eigenvalue weighted by atomic mass is 10.3. The van der Waals surface area contributed by atoms with Gasteiger partial charge in [0.05, 0.1) is 12.0 Å². The van der Waals surface area contributed by atoms with Gasteiger partial charge in [-0.05, 0) is 24.3 Å². The van der Waals surface area contributed by atoms with Crippen LogP contribution in [0.5, 0.6) is 5.75 Å². The summed E-state index contributed by atoms with van der Waals surface area (Å²) in [6, 6.07) is 9.93. The molecule has 0 radical (unpaired) electrons. The minimum atomic E-state index is -3.87. The second kappa shape index (κ2) is 5.80. The van der Waals surface area contributed by atoms with Gasteiger partial charge in [-0.3, -0.25) is 4.72 Å². The van der Waals surface area contributed by atoms with E-state index in [1.54, 1.807) is 6.07 Å². The summed E-state index contributed by atoms with van der Waals surface area (Å²) in [7, 11) is -2.45. The second-order valence-electron chi connectivity index (χ2n) is 4.00. The number of anilines is 1. The molecule has 0 fully saturated rings. The van der Waals surface area contributed by atoms with Gasteiger partial charge in [0.15, 0.2) is 5.69 Å². The largest absolute Gasteiger partial charge is 0.497 e. The van der Waals surface area contributed by atoms with Gasteiger partial charge in [-0.2, -0.15) is 0 Å². The molecule has 0 atom stereocenters. The molecule has 2 rings (SSSR count). The van der Waals surface area contributed by atoms with E-state index in [0.29, 0.717) is 5.75 Å². The number of hydrogen-bond acceptors (Lipinski definition) is 5. The number of carbonyl (C=O) groups is 1. The predicted octanol–water partition coefficient (Wildman–Crippen LogP) is 1.59. The molecule has 7 nitrogen and oxygen atoms in total. The number of methoxy groups -OCH3 is 1. The van der Waals surface area contributed by atoms with Gasteiger partial charge in [0.1, 0.15) is 11.6 Å². The number of pyridine rings is 1. The van der Waals surface area contributed by atoms with Crippen LogP contribution in [0.25, 0.3) is 0 Å². The number of aromatic nitrogens is 1. The summed E-state index contributed by atoms with van der Waals surface area (Å²) >= 11 is 0. The number of ether oxygens (including phenoxy) is 1. The van der Waals surface area contributed by atoms with E-state index >= 15 is 0 Å². The van der Waals surface area contributed by atoms with Gasteiger partial charge in [0.2, 0.25) is 0 Å². The molecule has 8 heteroatoms. The van der Waals surface area contributed by atoms with Crippen molar-refractivity contribution in [3.05, 3.63) is 48.2 Å². The van der Waals surface area contributed by atoms with Crippen LogP contribution < -0.4 is 9.46 Å². The number of aromatic carboxylic acids is 1.